The quantitative estimate of drug-likeness (QED) is 0.572. The van der Waals surface area contributed by atoms with Crippen LogP contribution in [0.5, 0.6) is 0 Å². The molecule has 0 aromatic rings. The summed E-state index contributed by atoms with van der Waals surface area (Å²) in [7, 11) is 0. The molecule has 5 aliphatic carbocycles. The highest BCUT2D eigenvalue weighted by Crippen LogP contribution is 2.69. The molecule has 7 atom stereocenters. The first kappa shape index (κ1) is 17.5. The number of carbonyl (C=O) groups is 1. The molecule has 6 aliphatic rings. The largest absolute Gasteiger partial charge is 0.375 e. The summed E-state index contributed by atoms with van der Waals surface area (Å²) < 4.78 is 6.20. The summed E-state index contributed by atoms with van der Waals surface area (Å²) in [6, 6.07) is 0. The molecule has 0 N–H and O–H groups in total. The number of fused-ring (bicyclic) bond motifs is 5. The molecule has 2 heteroatoms. The zero-order valence-electron chi connectivity index (χ0n) is 17.3. The second-order valence-corrected chi connectivity index (χ2v) is 11.7. The molecule has 1 aliphatic heterocycles. The molecular weight excluding hydrogens is 332 g/mol. The lowest BCUT2D eigenvalue weighted by Gasteiger charge is -2.60. The molecule has 1 saturated heterocycles. The van der Waals surface area contributed by atoms with Crippen molar-refractivity contribution in [3.05, 3.63) is 0 Å². The van der Waals surface area contributed by atoms with Crippen LogP contribution < -0.4 is 0 Å². The van der Waals surface area contributed by atoms with Crippen LogP contribution in [0.4, 0.5) is 0 Å². The lowest BCUT2D eigenvalue weighted by atomic mass is 9.44. The van der Waals surface area contributed by atoms with E-state index in [9.17, 15) is 4.79 Å². The van der Waals surface area contributed by atoms with Crippen molar-refractivity contribution in [2.45, 2.75) is 102 Å². The minimum absolute atomic E-state index is 0.0298. The van der Waals surface area contributed by atoms with E-state index in [4.69, 9.17) is 4.74 Å². The number of ketones is 1. The van der Waals surface area contributed by atoms with E-state index >= 15 is 0 Å². The van der Waals surface area contributed by atoms with Crippen molar-refractivity contribution in [3.63, 3.8) is 0 Å². The van der Waals surface area contributed by atoms with E-state index in [1.165, 1.54) is 77.0 Å². The van der Waals surface area contributed by atoms with Crippen LogP contribution in [0.2, 0.25) is 0 Å². The van der Waals surface area contributed by atoms with Crippen molar-refractivity contribution >= 4 is 5.78 Å². The summed E-state index contributed by atoms with van der Waals surface area (Å²) in [4.78, 5) is 12.9. The highest BCUT2D eigenvalue weighted by molar-refractivity contribution is 5.85. The molecule has 0 bridgehead atoms. The van der Waals surface area contributed by atoms with Crippen LogP contribution in [0.25, 0.3) is 0 Å². The summed E-state index contributed by atoms with van der Waals surface area (Å²) in [5, 5.41) is 0. The van der Waals surface area contributed by atoms with E-state index in [1.54, 1.807) is 0 Å². The van der Waals surface area contributed by atoms with Crippen LogP contribution in [0.3, 0.4) is 0 Å². The van der Waals surface area contributed by atoms with Gasteiger partial charge in [0.05, 0.1) is 12.2 Å². The second kappa shape index (κ2) is 5.83. The monoisotopic (exact) mass is 370 g/mol. The van der Waals surface area contributed by atoms with Gasteiger partial charge in [-0.25, -0.2) is 0 Å². The van der Waals surface area contributed by atoms with Gasteiger partial charge in [0.2, 0.25) is 0 Å². The number of rotatable bonds is 1. The molecule has 0 aromatic carbocycles. The van der Waals surface area contributed by atoms with Gasteiger partial charge in [-0.05, 0) is 118 Å². The Kier molecular flexibility index (Phi) is 3.78. The van der Waals surface area contributed by atoms with E-state index in [1.807, 2.05) is 0 Å². The minimum Gasteiger partial charge on any atom is -0.375 e. The van der Waals surface area contributed by atoms with Gasteiger partial charge in [0, 0.05) is 11.8 Å². The smallest absolute Gasteiger partial charge is 0.139 e. The first-order chi connectivity index (χ1) is 13.1. The maximum atomic E-state index is 12.9. The third-order valence-electron chi connectivity index (χ3n) is 10.9. The normalized spacial score (nSPS) is 55.1. The fraction of sp³-hybridized carbons (Fsp3) is 0.960. The van der Waals surface area contributed by atoms with Crippen LogP contribution in [0, 0.1) is 40.4 Å². The summed E-state index contributed by atoms with van der Waals surface area (Å²) >= 11 is 0. The van der Waals surface area contributed by atoms with Crippen LogP contribution in [0.1, 0.15) is 96.8 Å². The van der Waals surface area contributed by atoms with E-state index in [-0.39, 0.29) is 11.0 Å². The van der Waals surface area contributed by atoms with Crippen LogP contribution in [-0.4, -0.2) is 18.0 Å². The number of hydrogen-bond donors (Lipinski definition) is 0. The maximum absolute atomic E-state index is 12.9. The van der Waals surface area contributed by atoms with E-state index in [0.29, 0.717) is 17.1 Å². The van der Waals surface area contributed by atoms with Gasteiger partial charge in [0.25, 0.3) is 0 Å². The Labute approximate surface area is 165 Å². The van der Waals surface area contributed by atoms with Gasteiger partial charge in [-0.2, -0.15) is 0 Å². The van der Waals surface area contributed by atoms with Crippen molar-refractivity contribution in [2.24, 2.45) is 40.4 Å². The molecule has 0 amide bonds. The molecule has 0 aromatic heterocycles. The summed E-state index contributed by atoms with van der Waals surface area (Å²) in [5.74, 6) is 5.04. The highest BCUT2D eigenvalue weighted by atomic mass is 16.5. The first-order valence-electron chi connectivity index (χ1n) is 12.2. The van der Waals surface area contributed by atoms with Gasteiger partial charge in [-0.15, -0.1) is 0 Å². The Balaban J connectivity index is 1.33. The second-order valence-electron chi connectivity index (χ2n) is 11.7. The fourth-order valence-electron chi connectivity index (χ4n) is 9.22. The van der Waals surface area contributed by atoms with Crippen molar-refractivity contribution in [1.82, 2.24) is 0 Å². The minimum atomic E-state index is 0.0298. The fourth-order valence-corrected chi connectivity index (χ4v) is 9.22. The zero-order valence-corrected chi connectivity index (χ0v) is 17.3. The standard InChI is InChI=1S/C25H38O2/c1-23-10-7-19-18(20(23)3-2-4-22(23)26)8-12-25(17-5-6-17)14-13-24(15-16-27-24)11-9-21(19)25/h17-21H,2-16H2,1H3/t18-,19?,20?,21-,23+,24?,25-/m1/s1. The lowest BCUT2D eigenvalue weighted by molar-refractivity contribution is -0.155. The van der Waals surface area contributed by atoms with E-state index in [2.05, 4.69) is 6.92 Å². The third-order valence-corrected chi connectivity index (χ3v) is 10.9. The van der Waals surface area contributed by atoms with Gasteiger partial charge >= 0.3 is 0 Å². The summed E-state index contributed by atoms with van der Waals surface area (Å²) in [5.41, 5.74) is 0.955. The van der Waals surface area contributed by atoms with Crippen molar-refractivity contribution in [2.75, 3.05) is 6.61 Å². The molecule has 6 fully saturated rings. The van der Waals surface area contributed by atoms with Crippen molar-refractivity contribution < 1.29 is 9.53 Å². The maximum Gasteiger partial charge on any atom is 0.139 e. The van der Waals surface area contributed by atoms with Crippen LogP contribution in [0.15, 0.2) is 0 Å². The Morgan fingerprint density at radius 3 is 2.33 bits per heavy atom. The topological polar surface area (TPSA) is 26.3 Å². The van der Waals surface area contributed by atoms with Gasteiger partial charge in [0.1, 0.15) is 5.78 Å². The molecule has 3 unspecified atom stereocenters. The molecule has 5 saturated carbocycles. The average molecular weight is 371 g/mol. The van der Waals surface area contributed by atoms with E-state index < -0.39 is 0 Å². The van der Waals surface area contributed by atoms with Gasteiger partial charge in [0.15, 0.2) is 0 Å². The van der Waals surface area contributed by atoms with Crippen molar-refractivity contribution in [1.29, 1.82) is 0 Å². The lowest BCUT2D eigenvalue weighted by Crippen LogP contribution is -2.54. The number of carbonyl (C=O) groups excluding carboxylic acids is 1. The first-order valence-corrected chi connectivity index (χ1v) is 12.2. The zero-order chi connectivity index (χ0) is 18.3. The molecule has 0 radical (unpaired) electrons. The van der Waals surface area contributed by atoms with Crippen molar-refractivity contribution in [3.8, 4) is 0 Å². The Morgan fingerprint density at radius 1 is 0.815 bits per heavy atom. The molecule has 1 heterocycles. The molecule has 27 heavy (non-hydrogen) atoms. The van der Waals surface area contributed by atoms with Gasteiger partial charge in [-0.1, -0.05) is 6.92 Å². The molecule has 6 rings (SSSR count). The predicted molar refractivity (Wildman–Crippen MR) is 106 cm³/mol. The molecular formula is C25H38O2. The van der Waals surface area contributed by atoms with E-state index in [0.717, 1.165) is 43.1 Å². The Morgan fingerprint density at radius 2 is 1.59 bits per heavy atom. The van der Waals surface area contributed by atoms with Gasteiger partial charge in [-0.3, -0.25) is 4.79 Å². The predicted octanol–water partition coefficient (Wildman–Crippen LogP) is 5.93. The number of hydrogen-bond acceptors (Lipinski definition) is 2. The summed E-state index contributed by atoms with van der Waals surface area (Å²) in [6.07, 6.45) is 18.7. The SMILES string of the molecule is C[C@]12CCC3[C@@H](CC[C@]4(C5CC5)CCC5(CCO5)CC[C@H]34)C1CCCC2=O. The third kappa shape index (κ3) is 2.37. The number of Topliss-reactive ketones (excluding diaryl/α,β-unsaturated/α-hetero) is 1. The Bertz CT molecular complexity index is 632. The van der Waals surface area contributed by atoms with Crippen LogP contribution >= 0.6 is 0 Å². The Hall–Kier alpha value is -0.370. The number of ether oxygens (including phenoxy) is 1. The molecule has 150 valence electrons. The molecule has 2 nitrogen and oxygen atoms in total. The van der Waals surface area contributed by atoms with Gasteiger partial charge < -0.3 is 4.74 Å². The van der Waals surface area contributed by atoms with Crippen LogP contribution in [-0.2, 0) is 9.53 Å². The average Bonchev–Trinajstić information content (AvgIpc) is 3.47. The molecule has 1 spiro atoms. The summed E-state index contributed by atoms with van der Waals surface area (Å²) in [6.45, 7) is 3.36. The highest BCUT2D eigenvalue weighted by Gasteiger charge is 2.62.